The highest BCUT2D eigenvalue weighted by atomic mass is 35.5. The number of halogens is 2. The second kappa shape index (κ2) is 8.61. The number of hydrogen-bond donors (Lipinski definition) is 2. The Labute approximate surface area is 195 Å². The summed E-state index contributed by atoms with van der Waals surface area (Å²) in [6.07, 6.45) is 2.29. The average molecular weight is 475 g/mol. The van der Waals surface area contributed by atoms with E-state index in [0.29, 0.717) is 40.4 Å². The zero-order chi connectivity index (χ0) is 23.0. The lowest BCUT2D eigenvalue weighted by Crippen LogP contribution is -2.41. The molecule has 32 heavy (non-hydrogen) atoms. The number of pyridine rings is 1. The summed E-state index contributed by atoms with van der Waals surface area (Å²) in [6, 6.07) is 9.00. The molecular formula is C22H24Cl2N6O2. The third-order valence-corrected chi connectivity index (χ3v) is 5.57. The molecule has 0 unspecified atom stereocenters. The van der Waals surface area contributed by atoms with Gasteiger partial charge in [0.05, 0.1) is 19.2 Å². The molecule has 0 aliphatic carbocycles. The third-order valence-electron chi connectivity index (χ3n) is 5.01. The van der Waals surface area contributed by atoms with Crippen molar-refractivity contribution in [3.8, 4) is 5.75 Å². The van der Waals surface area contributed by atoms with Crippen molar-refractivity contribution in [2.75, 3.05) is 7.11 Å². The Morgan fingerprint density at radius 1 is 1.19 bits per heavy atom. The van der Waals surface area contributed by atoms with Crippen LogP contribution < -0.4 is 16.2 Å². The van der Waals surface area contributed by atoms with E-state index in [1.54, 1.807) is 28.4 Å². The van der Waals surface area contributed by atoms with Gasteiger partial charge < -0.3 is 15.5 Å². The summed E-state index contributed by atoms with van der Waals surface area (Å²) in [5, 5.41) is 0.936. The molecule has 0 fully saturated rings. The minimum Gasteiger partial charge on any atom is -0.497 e. The molecule has 3 aromatic heterocycles. The number of aromatic amines is 1. The minimum absolute atomic E-state index is 0.172. The van der Waals surface area contributed by atoms with Crippen LogP contribution in [0.2, 0.25) is 10.2 Å². The van der Waals surface area contributed by atoms with Gasteiger partial charge in [-0.05, 0) is 43.7 Å². The summed E-state index contributed by atoms with van der Waals surface area (Å²) < 4.78 is 8.53. The largest absolute Gasteiger partial charge is 0.497 e. The van der Waals surface area contributed by atoms with Crippen molar-refractivity contribution in [3.63, 3.8) is 0 Å². The predicted octanol–water partition coefficient (Wildman–Crippen LogP) is 3.61. The quantitative estimate of drug-likeness (QED) is 0.398. The molecule has 0 aliphatic rings. The van der Waals surface area contributed by atoms with E-state index in [2.05, 4.69) is 15.0 Å². The van der Waals surface area contributed by atoms with E-state index >= 15 is 0 Å². The fourth-order valence-corrected chi connectivity index (χ4v) is 3.94. The summed E-state index contributed by atoms with van der Waals surface area (Å²) in [7, 11) is 1.59. The van der Waals surface area contributed by atoms with Crippen LogP contribution in [0.25, 0.3) is 11.2 Å². The number of nitrogens with zero attached hydrogens (tertiary/aromatic N) is 4. The van der Waals surface area contributed by atoms with Crippen molar-refractivity contribution >= 4 is 34.4 Å². The summed E-state index contributed by atoms with van der Waals surface area (Å²) in [6.45, 7) is 4.39. The van der Waals surface area contributed by atoms with Gasteiger partial charge in [0.1, 0.15) is 16.7 Å². The first-order chi connectivity index (χ1) is 15.1. The van der Waals surface area contributed by atoms with Crippen molar-refractivity contribution in [1.82, 2.24) is 24.1 Å². The molecule has 0 amide bonds. The SMILES string of the molecule is COc1ccc(Cc2cn(Cc3nc4nc(Cl)ccc4[nH]3)c(=O)n2CC(C)(C)N)c(Cl)c1. The maximum absolute atomic E-state index is 13.3. The predicted molar refractivity (Wildman–Crippen MR) is 126 cm³/mol. The molecule has 168 valence electrons. The fraction of sp³-hybridized carbons (Fsp3) is 0.318. The van der Waals surface area contributed by atoms with Crippen LogP contribution in [0.15, 0.2) is 41.3 Å². The maximum Gasteiger partial charge on any atom is 0.328 e. The summed E-state index contributed by atoms with van der Waals surface area (Å²) >= 11 is 12.4. The molecule has 1 aromatic carbocycles. The van der Waals surface area contributed by atoms with Gasteiger partial charge in [0.25, 0.3) is 0 Å². The van der Waals surface area contributed by atoms with Crippen LogP contribution in [0.3, 0.4) is 0 Å². The lowest BCUT2D eigenvalue weighted by Gasteiger charge is -2.20. The van der Waals surface area contributed by atoms with Crippen LogP contribution in [0.4, 0.5) is 0 Å². The van der Waals surface area contributed by atoms with Gasteiger partial charge in [-0.1, -0.05) is 29.3 Å². The number of imidazole rings is 2. The third kappa shape index (κ3) is 4.82. The number of aromatic nitrogens is 5. The Morgan fingerprint density at radius 2 is 1.97 bits per heavy atom. The number of nitrogens with two attached hydrogens (primary N) is 1. The highest BCUT2D eigenvalue weighted by Gasteiger charge is 2.20. The molecule has 0 bridgehead atoms. The van der Waals surface area contributed by atoms with Gasteiger partial charge in [-0.2, -0.15) is 0 Å². The number of benzene rings is 1. The molecule has 0 atom stereocenters. The fourth-order valence-electron chi connectivity index (χ4n) is 3.56. The topological polar surface area (TPSA) is 104 Å². The molecule has 0 spiro atoms. The van der Waals surface area contributed by atoms with Crippen LogP contribution in [0.1, 0.15) is 30.9 Å². The molecule has 4 aromatic rings. The molecule has 0 aliphatic heterocycles. The van der Waals surface area contributed by atoms with Crippen molar-refractivity contribution in [2.24, 2.45) is 5.73 Å². The van der Waals surface area contributed by atoms with E-state index in [0.717, 1.165) is 16.8 Å². The van der Waals surface area contributed by atoms with Gasteiger partial charge >= 0.3 is 5.69 Å². The van der Waals surface area contributed by atoms with Gasteiger partial charge in [-0.3, -0.25) is 9.13 Å². The number of fused-ring (bicyclic) bond motifs is 1. The molecule has 0 saturated carbocycles. The molecule has 0 radical (unpaired) electrons. The Hall–Kier alpha value is -2.81. The van der Waals surface area contributed by atoms with Gasteiger partial charge in [0, 0.05) is 35.4 Å². The zero-order valence-corrected chi connectivity index (χ0v) is 19.5. The standard InChI is InChI=1S/C22H24Cl2N6O2/c1-22(2,25)12-30-14(8-13-4-5-15(32-3)9-16(13)23)10-29(21(30)31)11-19-26-17-6-7-18(24)27-20(17)28-19/h4-7,9-10H,8,11-12,25H2,1-3H3,(H,26,27,28). The molecular weight excluding hydrogens is 451 g/mol. The summed E-state index contributed by atoms with van der Waals surface area (Å²) in [5.41, 5.74) is 8.45. The number of H-pyrrole nitrogens is 1. The van der Waals surface area contributed by atoms with Crippen molar-refractivity contribution in [3.05, 3.63) is 74.3 Å². The highest BCUT2D eigenvalue weighted by molar-refractivity contribution is 6.31. The van der Waals surface area contributed by atoms with E-state index in [4.69, 9.17) is 33.7 Å². The molecule has 10 heteroatoms. The smallest absolute Gasteiger partial charge is 0.328 e. The van der Waals surface area contributed by atoms with E-state index in [9.17, 15) is 4.79 Å². The van der Waals surface area contributed by atoms with E-state index in [1.807, 2.05) is 38.2 Å². The lowest BCUT2D eigenvalue weighted by molar-refractivity contribution is 0.414. The molecule has 4 rings (SSSR count). The summed E-state index contributed by atoms with van der Waals surface area (Å²) in [4.78, 5) is 25.1. The number of methoxy groups -OCH3 is 1. The Morgan fingerprint density at radius 3 is 2.66 bits per heavy atom. The van der Waals surface area contributed by atoms with Gasteiger partial charge in [0.2, 0.25) is 0 Å². The van der Waals surface area contributed by atoms with Crippen LogP contribution in [-0.2, 0) is 19.5 Å². The second-order valence-corrected chi connectivity index (χ2v) is 9.22. The second-order valence-electron chi connectivity index (χ2n) is 8.43. The first kappa shape index (κ1) is 22.4. The van der Waals surface area contributed by atoms with Crippen molar-refractivity contribution in [1.29, 1.82) is 0 Å². The highest BCUT2D eigenvalue weighted by Crippen LogP contribution is 2.25. The molecule has 3 heterocycles. The normalized spacial score (nSPS) is 11.9. The van der Waals surface area contributed by atoms with E-state index < -0.39 is 5.54 Å². The van der Waals surface area contributed by atoms with Crippen LogP contribution in [-0.4, -0.2) is 36.7 Å². The lowest BCUT2D eigenvalue weighted by atomic mass is 10.1. The number of nitrogens with one attached hydrogen (secondary N) is 1. The first-order valence-electron chi connectivity index (χ1n) is 10.0. The maximum atomic E-state index is 13.3. The molecule has 0 saturated heterocycles. The average Bonchev–Trinajstić information content (AvgIpc) is 3.23. The summed E-state index contributed by atoms with van der Waals surface area (Å²) in [5.74, 6) is 1.28. The zero-order valence-electron chi connectivity index (χ0n) is 18.0. The Kier molecular flexibility index (Phi) is 6.03. The van der Waals surface area contributed by atoms with E-state index in [-0.39, 0.29) is 12.2 Å². The van der Waals surface area contributed by atoms with E-state index in [1.165, 1.54) is 0 Å². The van der Waals surface area contributed by atoms with Gasteiger partial charge in [0.15, 0.2) is 5.65 Å². The van der Waals surface area contributed by atoms with Crippen LogP contribution >= 0.6 is 23.2 Å². The Balaban J connectivity index is 1.70. The Bertz CT molecular complexity index is 1330. The first-order valence-corrected chi connectivity index (χ1v) is 10.8. The monoisotopic (exact) mass is 474 g/mol. The van der Waals surface area contributed by atoms with Crippen molar-refractivity contribution in [2.45, 2.75) is 38.9 Å². The molecule has 3 N–H and O–H groups in total. The number of ether oxygens (including phenoxy) is 1. The molecule has 8 nitrogen and oxygen atoms in total. The van der Waals surface area contributed by atoms with Gasteiger partial charge in [-0.15, -0.1) is 0 Å². The van der Waals surface area contributed by atoms with Crippen molar-refractivity contribution < 1.29 is 4.74 Å². The number of hydrogen-bond acceptors (Lipinski definition) is 5. The van der Waals surface area contributed by atoms with Gasteiger partial charge in [-0.25, -0.2) is 14.8 Å². The number of rotatable bonds is 7. The minimum atomic E-state index is -0.575. The van der Waals surface area contributed by atoms with Crippen LogP contribution in [0.5, 0.6) is 5.75 Å². The van der Waals surface area contributed by atoms with Crippen LogP contribution in [0, 0.1) is 0 Å².